The summed E-state index contributed by atoms with van der Waals surface area (Å²) in [6, 6.07) is 0. The van der Waals surface area contributed by atoms with Crippen LogP contribution in [-0.2, 0) is 9.53 Å². The van der Waals surface area contributed by atoms with Crippen LogP contribution in [0.3, 0.4) is 0 Å². The summed E-state index contributed by atoms with van der Waals surface area (Å²) in [6.45, 7) is 3.30. The third kappa shape index (κ3) is 1.43. The largest absolute Gasteiger partial charge is 0.482 e. The molecule has 0 unspecified atom stereocenters. The monoisotopic (exact) mass is 150 g/mol. The highest BCUT2D eigenvalue weighted by atomic mass is 16.5. The van der Waals surface area contributed by atoms with Crippen LogP contribution in [0.1, 0.15) is 20.3 Å². The van der Waals surface area contributed by atoms with Crippen molar-refractivity contribution in [3.63, 3.8) is 0 Å². The Morgan fingerprint density at radius 3 is 2.73 bits per heavy atom. The van der Waals surface area contributed by atoms with Crippen LogP contribution in [0.4, 0.5) is 0 Å². The van der Waals surface area contributed by atoms with E-state index < -0.39 is 0 Å². The van der Waals surface area contributed by atoms with Gasteiger partial charge < -0.3 is 4.74 Å². The van der Waals surface area contributed by atoms with Crippen molar-refractivity contribution in [2.45, 2.75) is 26.4 Å². The van der Waals surface area contributed by atoms with Crippen molar-refractivity contribution < 1.29 is 9.53 Å². The lowest BCUT2D eigenvalue weighted by molar-refractivity contribution is -0.113. The van der Waals surface area contributed by atoms with Gasteiger partial charge in [0.2, 0.25) is 0 Å². The van der Waals surface area contributed by atoms with E-state index in [2.05, 4.69) is 5.92 Å². The van der Waals surface area contributed by atoms with Gasteiger partial charge >= 0.3 is 0 Å². The molecule has 11 heavy (non-hydrogen) atoms. The number of hydrogen-bond acceptors (Lipinski definition) is 2. The molecule has 0 saturated heterocycles. The molecule has 0 aliphatic carbocycles. The number of terminal acetylenes is 1. The summed E-state index contributed by atoms with van der Waals surface area (Å²) in [5.41, 5.74) is 0.730. The molecule has 58 valence electrons. The van der Waals surface area contributed by atoms with Gasteiger partial charge in [-0.3, -0.25) is 4.79 Å². The minimum atomic E-state index is -0.228. The standard InChI is InChI=1S/C9H10O2/c1-4-8-5-9(6(2)10)7(3)11-8/h1,8H,5H2,2-3H3/t8-/m1/s1. The Kier molecular flexibility index (Phi) is 2.00. The van der Waals surface area contributed by atoms with Gasteiger partial charge in [-0.15, -0.1) is 6.42 Å². The molecule has 0 aromatic rings. The van der Waals surface area contributed by atoms with E-state index in [1.165, 1.54) is 6.92 Å². The van der Waals surface area contributed by atoms with E-state index in [1.807, 2.05) is 0 Å². The van der Waals surface area contributed by atoms with E-state index in [-0.39, 0.29) is 11.9 Å². The third-order valence-electron chi connectivity index (χ3n) is 1.74. The molecule has 0 saturated carbocycles. The Morgan fingerprint density at radius 2 is 2.45 bits per heavy atom. The SMILES string of the molecule is C#C[C@@H]1CC(C(C)=O)=C(C)O1. The Labute approximate surface area is 66.2 Å². The number of hydrogen-bond donors (Lipinski definition) is 0. The zero-order chi connectivity index (χ0) is 8.43. The number of carbonyl (C=O) groups excluding carboxylic acids is 1. The molecule has 2 nitrogen and oxygen atoms in total. The zero-order valence-corrected chi connectivity index (χ0v) is 6.68. The van der Waals surface area contributed by atoms with Crippen LogP contribution in [0.2, 0.25) is 0 Å². The lowest BCUT2D eigenvalue weighted by Crippen LogP contribution is -2.02. The van der Waals surface area contributed by atoms with Gasteiger partial charge in [0.1, 0.15) is 5.76 Å². The van der Waals surface area contributed by atoms with Gasteiger partial charge in [0, 0.05) is 12.0 Å². The van der Waals surface area contributed by atoms with Crippen LogP contribution in [0.5, 0.6) is 0 Å². The Bertz CT molecular complexity index is 255. The summed E-state index contributed by atoms with van der Waals surface area (Å²) in [5.74, 6) is 3.20. The highest BCUT2D eigenvalue weighted by Gasteiger charge is 2.23. The van der Waals surface area contributed by atoms with Crippen molar-refractivity contribution in [1.29, 1.82) is 0 Å². The highest BCUT2D eigenvalue weighted by molar-refractivity contribution is 5.94. The van der Waals surface area contributed by atoms with E-state index in [0.717, 1.165) is 5.57 Å². The first-order valence-corrected chi connectivity index (χ1v) is 3.48. The summed E-state index contributed by atoms with van der Waals surface area (Å²) in [7, 11) is 0. The van der Waals surface area contributed by atoms with Crippen molar-refractivity contribution in [1.82, 2.24) is 0 Å². The predicted octanol–water partition coefficient (Wildman–Crippen LogP) is 1.27. The smallest absolute Gasteiger partial charge is 0.162 e. The Morgan fingerprint density at radius 1 is 1.82 bits per heavy atom. The van der Waals surface area contributed by atoms with E-state index in [1.54, 1.807) is 6.92 Å². The molecule has 1 heterocycles. The fourth-order valence-electron chi connectivity index (χ4n) is 1.14. The minimum absolute atomic E-state index is 0.0558. The van der Waals surface area contributed by atoms with Crippen LogP contribution in [0, 0.1) is 12.3 Å². The van der Waals surface area contributed by atoms with E-state index in [9.17, 15) is 4.79 Å². The number of ketones is 1. The summed E-state index contributed by atoms with van der Waals surface area (Å²) in [4.78, 5) is 10.9. The zero-order valence-electron chi connectivity index (χ0n) is 6.68. The molecule has 0 aromatic heterocycles. The van der Waals surface area contributed by atoms with Gasteiger partial charge in [0.05, 0.1) is 0 Å². The molecule has 1 aliphatic rings. The number of rotatable bonds is 1. The maximum absolute atomic E-state index is 10.9. The topological polar surface area (TPSA) is 26.3 Å². The first-order valence-electron chi connectivity index (χ1n) is 3.48. The van der Waals surface area contributed by atoms with Crippen LogP contribution < -0.4 is 0 Å². The summed E-state index contributed by atoms with van der Waals surface area (Å²) < 4.78 is 5.21. The minimum Gasteiger partial charge on any atom is -0.482 e. The number of Topliss-reactive ketones (excluding diaryl/α,β-unsaturated/α-hetero) is 1. The first kappa shape index (κ1) is 7.87. The van der Waals surface area contributed by atoms with Crippen molar-refractivity contribution in [3.05, 3.63) is 11.3 Å². The number of carbonyl (C=O) groups is 1. The molecule has 1 aliphatic heterocycles. The quantitative estimate of drug-likeness (QED) is 0.526. The van der Waals surface area contributed by atoms with E-state index in [4.69, 9.17) is 11.2 Å². The predicted molar refractivity (Wildman–Crippen MR) is 41.7 cm³/mol. The second-order valence-electron chi connectivity index (χ2n) is 2.57. The first-order chi connectivity index (χ1) is 5.15. The van der Waals surface area contributed by atoms with Crippen molar-refractivity contribution in [2.24, 2.45) is 0 Å². The second-order valence-corrected chi connectivity index (χ2v) is 2.57. The molecule has 0 amide bonds. The van der Waals surface area contributed by atoms with E-state index >= 15 is 0 Å². The van der Waals surface area contributed by atoms with E-state index in [0.29, 0.717) is 12.2 Å². The molecule has 0 aromatic carbocycles. The molecule has 0 spiro atoms. The maximum Gasteiger partial charge on any atom is 0.162 e. The fourth-order valence-corrected chi connectivity index (χ4v) is 1.14. The van der Waals surface area contributed by atoms with Gasteiger partial charge in [0.25, 0.3) is 0 Å². The average molecular weight is 150 g/mol. The Balaban J connectivity index is 2.77. The maximum atomic E-state index is 10.9. The molecular weight excluding hydrogens is 140 g/mol. The van der Waals surface area contributed by atoms with Crippen LogP contribution in [-0.4, -0.2) is 11.9 Å². The summed E-state index contributed by atoms with van der Waals surface area (Å²) in [6.07, 6.45) is 5.48. The lowest BCUT2D eigenvalue weighted by atomic mass is 10.1. The molecule has 0 radical (unpaired) electrons. The van der Waals surface area contributed by atoms with Crippen LogP contribution in [0.15, 0.2) is 11.3 Å². The molecule has 2 heteroatoms. The van der Waals surface area contributed by atoms with Gasteiger partial charge in [-0.05, 0) is 13.8 Å². The number of ether oxygens (including phenoxy) is 1. The summed E-state index contributed by atoms with van der Waals surface area (Å²) in [5, 5.41) is 0. The lowest BCUT2D eigenvalue weighted by Gasteiger charge is -2.00. The van der Waals surface area contributed by atoms with Crippen molar-refractivity contribution >= 4 is 5.78 Å². The van der Waals surface area contributed by atoms with Crippen LogP contribution >= 0.6 is 0 Å². The average Bonchev–Trinajstić information content (AvgIpc) is 2.30. The van der Waals surface area contributed by atoms with Crippen molar-refractivity contribution in [3.8, 4) is 12.3 Å². The summed E-state index contributed by atoms with van der Waals surface area (Å²) >= 11 is 0. The molecule has 0 bridgehead atoms. The Hall–Kier alpha value is -1.23. The normalized spacial score (nSPS) is 22.8. The van der Waals surface area contributed by atoms with Crippen molar-refractivity contribution in [2.75, 3.05) is 0 Å². The van der Waals surface area contributed by atoms with Gasteiger partial charge in [0.15, 0.2) is 11.9 Å². The van der Waals surface area contributed by atoms with Gasteiger partial charge in [-0.25, -0.2) is 0 Å². The van der Waals surface area contributed by atoms with Crippen LogP contribution in [0.25, 0.3) is 0 Å². The third-order valence-corrected chi connectivity index (χ3v) is 1.74. The van der Waals surface area contributed by atoms with Gasteiger partial charge in [-0.1, -0.05) is 5.92 Å². The molecule has 1 rings (SSSR count). The molecule has 0 N–H and O–H groups in total. The molecule has 0 fully saturated rings. The van der Waals surface area contributed by atoms with Gasteiger partial charge in [-0.2, -0.15) is 0 Å². The molecule has 1 atom stereocenters. The highest BCUT2D eigenvalue weighted by Crippen LogP contribution is 2.24. The second kappa shape index (κ2) is 2.79. The number of allylic oxidation sites excluding steroid dienone is 1. The molecular formula is C9H10O2. The fraction of sp³-hybridized carbons (Fsp3) is 0.444.